The fraction of sp³-hybridized carbons (Fsp3) is 0.481. The van der Waals surface area contributed by atoms with Crippen molar-refractivity contribution < 1.29 is 23.1 Å². The molecule has 3 atom stereocenters. The average Bonchev–Trinajstić information content (AvgIpc) is 3.64. The van der Waals surface area contributed by atoms with E-state index in [1.165, 1.54) is 18.5 Å². The molecule has 196 valence electrons. The monoisotopic (exact) mass is 511 g/mol. The van der Waals surface area contributed by atoms with Crippen molar-refractivity contribution in [1.29, 1.82) is 0 Å². The first kappa shape index (κ1) is 25.1. The van der Waals surface area contributed by atoms with Crippen molar-refractivity contribution in [1.82, 2.24) is 25.6 Å². The molecule has 1 aromatic carbocycles. The Morgan fingerprint density at radius 1 is 1.16 bits per heavy atom. The highest BCUT2D eigenvalue weighted by Crippen LogP contribution is 2.37. The molecule has 5 rings (SSSR count). The van der Waals surface area contributed by atoms with Crippen molar-refractivity contribution in [3.05, 3.63) is 41.6 Å². The summed E-state index contributed by atoms with van der Waals surface area (Å²) in [5.74, 6) is 0.0504. The molecule has 0 saturated heterocycles. The number of fused-ring (bicyclic) bond motifs is 1. The number of hydrogen-bond acceptors (Lipinski definition) is 5. The molecule has 10 heteroatoms. The minimum absolute atomic E-state index is 0.107. The number of carbonyl (C=O) groups excluding carboxylic acids is 2. The lowest BCUT2D eigenvalue weighted by Gasteiger charge is -2.32. The van der Waals surface area contributed by atoms with Gasteiger partial charge in [0.15, 0.2) is 0 Å². The van der Waals surface area contributed by atoms with Crippen LogP contribution in [-0.4, -0.2) is 51.6 Å². The van der Waals surface area contributed by atoms with E-state index in [1.54, 1.807) is 19.9 Å². The number of nitrogens with one attached hydrogen (secondary N) is 3. The largest absolute Gasteiger partial charge is 0.493 e. The van der Waals surface area contributed by atoms with Crippen molar-refractivity contribution >= 4 is 22.8 Å². The van der Waals surface area contributed by atoms with Crippen LogP contribution in [0, 0.1) is 18.7 Å². The number of rotatable bonds is 8. The van der Waals surface area contributed by atoms with Gasteiger partial charge in [-0.05, 0) is 56.7 Å². The van der Waals surface area contributed by atoms with Gasteiger partial charge in [-0.1, -0.05) is 6.92 Å². The Labute approximate surface area is 213 Å². The normalized spacial score (nSPS) is 21.6. The van der Waals surface area contributed by atoms with Crippen LogP contribution >= 0.6 is 0 Å². The maximum absolute atomic E-state index is 14.9. The molecule has 2 heterocycles. The third-order valence-electron chi connectivity index (χ3n) is 7.14. The number of ether oxygens (including phenoxy) is 1. The van der Waals surface area contributed by atoms with Gasteiger partial charge >= 0.3 is 0 Å². The number of benzene rings is 1. The highest BCUT2D eigenvalue weighted by Gasteiger charge is 2.33. The fourth-order valence-electron chi connectivity index (χ4n) is 4.89. The molecule has 0 radical (unpaired) electrons. The molecule has 8 nitrogen and oxygen atoms in total. The maximum atomic E-state index is 14.9. The second-order valence-corrected chi connectivity index (χ2v) is 9.99. The summed E-state index contributed by atoms with van der Waals surface area (Å²) in [5.41, 5.74) is 2.59. The Morgan fingerprint density at radius 3 is 2.70 bits per heavy atom. The molecule has 3 N–H and O–H groups in total. The third kappa shape index (κ3) is 5.42. The van der Waals surface area contributed by atoms with Crippen LogP contribution in [0.2, 0.25) is 0 Å². The van der Waals surface area contributed by atoms with Crippen molar-refractivity contribution in [3.63, 3.8) is 0 Å². The quantitative estimate of drug-likeness (QED) is 0.416. The van der Waals surface area contributed by atoms with Gasteiger partial charge in [-0.15, -0.1) is 0 Å². The number of hydrogen-bond donors (Lipinski definition) is 3. The molecule has 2 amide bonds. The van der Waals surface area contributed by atoms with E-state index in [2.05, 4.69) is 25.6 Å². The molecule has 37 heavy (non-hydrogen) atoms. The van der Waals surface area contributed by atoms with Crippen molar-refractivity contribution in [2.45, 2.75) is 70.6 Å². The Balaban J connectivity index is 1.39. The molecule has 3 aromatic rings. The van der Waals surface area contributed by atoms with Crippen LogP contribution < -0.4 is 15.4 Å². The number of alkyl halides is 1. The summed E-state index contributed by atoms with van der Waals surface area (Å²) in [6, 6.07) is 3.40. The van der Waals surface area contributed by atoms with E-state index >= 15 is 0 Å². The van der Waals surface area contributed by atoms with Gasteiger partial charge in [0.1, 0.15) is 35.3 Å². The first-order valence-electron chi connectivity index (χ1n) is 12.8. The molecule has 2 aliphatic rings. The van der Waals surface area contributed by atoms with E-state index < -0.39 is 23.9 Å². The summed E-state index contributed by atoms with van der Waals surface area (Å²) in [4.78, 5) is 36.9. The summed E-state index contributed by atoms with van der Waals surface area (Å²) < 4.78 is 35.1. The number of halogens is 2. The van der Waals surface area contributed by atoms with E-state index in [4.69, 9.17) is 4.74 Å². The van der Waals surface area contributed by atoms with Crippen molar-refractivity contribution in [2.24, 2.45) is 5.92 Å². The first-order valence-corrected chi connectivity index (χ1v) is 12.8. The molecule has 0 unspecified atom stereocenters. The first-order chi connectivity index (χ1) is 17.8. The summed E-state index contributed by atoms with van der Waals surface area (Å²) in [6.45, 7) is 4.04. The molecule has 0 aliphatic heterocycles. The van der Waals surface area contributed by atoms with Gasteiger partial charge in [-0.3, -0.25) is 9.59 Å². The Bertz CT molecular complexity index is 1320. The molecular formula is C27H31F2N5O3. The van der Waals surface area contributed by atoms with Crippen molar-refractivity contribution in [3.8, 4) is 17.0 Å². The van der Waals surface area contributed by atoms with E-state index in [1.807, 2.05) is 0 Å². The Kier molecular flexibility index (Phi) is 7.08. The topological polar surface area (TPSA) is 109 Å². The highest BCUT2D eigenvalue weighted by molar-refractivity contribution is 6.09. The summed E-state index contributed by atoms with van der Waals surface area (Å²) >= 11 is 0. The van der Waals surface area contributed by atoms with Crippen LogP contribution in [0.15, 0.2) is 24.5 Å². The smallest absolute Gasteiger partial charge is 0.255 e. The van der Waals surface area contributed by atoms with Crippen LogP contribution in [0.4, 0.5) is 8.78 Å². The lowest BCUT2D eigenvalue weighted by Crippen LogP contribution is -2.50. The third-order valence-corrected chi connectivity index (χ3v) is 7.14. The minimum atomic E-state index is -1.28. The van der Waals surface area contributed by atoms with Crippen LogP contribution in [-0.2, 0) is 4.79 Å². The average molecular weight is 512 g/mol. The zero-order chi connectivity index (χ0) is 26.1. The summed E-state index contributed by atoms with van der Waals surface area (Å²) in [5, 5.41) is 5.65. The second kappa shape index (κ2) is 10.4. The zero-order valence-corrected chi connectivity index (χ0v) is 20.9. The Hall–Kier alpha value is -3.56. The van der Waals surface area contributed by atoms with Crippen LogP contribution in [0.25, 0.3) is 22.3 Å². The van der Waals surface area contributed by atoms with Gasteiger partial charge in [0.05, 0.1) is 23.7 Å². The van der Waals surface area contributed by atoms with Gasteiger partial charge in [0, 0.05) is 30.1 Å². The van der Waals surface area contributed by atoms with E-state index in [9.17, 15) is 18.4 Å². The minimum Gasteiger partial charge on any atom is -0.493 e. The predicted molar refractivity (Wildman–Crippen MR) is 134 cm³/mol. The zero-order valence-electron chi connectivity index (χ0n) is 20.9. The molecule has 2 fully saturated rings. The second-order valence-electron chi connectivity index (χ2n) is 9.99. The van der Waals surface area contributed by atoms with Gasteiger partial charge in [0.25, 0.3) is 5.91 Å². The molecule has 2 saturated carbocycles. The summed E-state index contributed by atoms with van der Waals surface area (Å²) in [6.07, 6.45) is 3.79. The SMILES string of the molecule is CCC(=O)N[C@H]1CC[C@@H](NC(=O)c2c(C)[nH]c3c(-c4cc(F)ccc4OCC4CC4)ncnc23)[C@H](F)C1. The summed E-state index contributed by atoms with van der Waals surface area (Å²) in [7, 11) is 0. The highest BCUT2D eigenvalue weighted by atomic mass is 19.1. The lowest BCUT2D eigenvalue weighted by atomic mass is 9.89. The molecular weight excluding hydrogens is 480 g/mol. The fourth-order valence-corrected chi connectivity index (χ4v) is 4.89. The Morgan fingerprint density at radius 2 is 1.97 bits per heavy atom. The van der Waals surface area contributed by atoms with Crippen LogP contribution in [0.3, 0.4) is 0 Å². The van der Waals surface area contributed by atoms with Gasteiger partial charge in [-0.25, -0.2) is 18.7 Å². The number of nitrogens with zero attached hydrogens (tertiary/aromatic N) is 2. The molecule has 2 aliphatic carbocycles. The number of carbonyl (C=O) groups is 2. The van der Waals surface area contributed by atoms with Crippen LogP contribution in [0.5, 0.6) is 5.75 Å². The van der Waals surface area contributed by atoms with E-state index in [0.29, 0.717) is 71.1 Å². The molecule has 0 bridgehead atoms. The van der Waals surface area contributed by atoms with E-state index in [0.717, 1.165) is 12.8 Å². The van der Waals surface area contributed by atoms with E-state index in [-0.39, 0.29) is 18.4 Å². The molecule has 0 spiro atoms. The number of aryl methyl sites for hydroxylation is 1. The lowest BCUT2D eigenvalue weighted by molar-refractivity contribution is -0.121. The predicted octanol–water partition coefficient (Wildman–Crippen LogP) is 4.38. The van der Waals surface area contributed by atoms with Gasteiger partial charge in [0.2, 0.25) is 5.91 Å². The van der Waals surface area contributed by atoms with Gasteiger partial charge < -0.3 is 20.4 Å². The number of H-pyrrole nitrogens is 1. The number of aromatic amines is 1. The van der Waals surface area contributed by atoms with Crippen molar-refractivity contribution in [2.75, 3.05) is 6.61 Å². The van der Waals surface area contributed by atoms with Gasteiger partial charge in [-0.2, -0.15) is 0 Å². The number of aromatic nitrogens is 3. The standard InChI is InChI=1S/C27H31F2N5O3/c1-3-22(35)33-17-7-8-20(19(29)11-17)34-27(36)23-14(2)32-26-24(30-13-31-25(23)26)18-10-16(28)6-9-21(18)37-12-15-4-5-15/h6,9-10,13,15,17,19-20,32H,3-5,7-8,11-12H2,1-2H3,(H,33,35)(H,34,36)/t17-,19+,20+/m0/s1. The molecule has 2 aromatic heterocycles. The number of amides is 2. The van der Waals surface area contributed by atoms with Crippen LogP contribution in [0.1, 0.15) is 61.5 Å². The maximum Gasteiger partial charge on any atom is 0.255 e.